The third kappa shape index (κ3) is 2.05. The van der Waals surface area contributed by atoms with Gasteiger partial charge in [0.05, 0.1) is 5.69 Å². The van der Waals surface area contributed by atoms with Crippen LogP contribution in [-0.4, -0.2) is 4.98 Å². The van der Waals surface area contributed by atoms with Gasteiger partial charge in [0.15, 0.2) is 0 Å². The number of pyridine rings is 1. The van der Waals surface area contributed by atoms with E-state index in [1.165, 1.54) is 63.4 Å². The Morgan fingerprint density at radius 3 is 2.62 bits per heavy atom. The number of rotatable bonds is 2. The Morgan fingerprint density at radius 1 is 0.923 bits per heavy atom. The lowest BCUT2D eigenvalue weighted by molar-refractivity contribution is 0.419. The fourth-order valence-electron chi connectivity index (χ4n) is 5.45. The molecule has 6 rings (SSSR count). The second-order valence-corrected chi connectivity index (χ2v) is 9.19. The lowest BCUT2D eigenvalue weighted by Crippen LogP contribution is -2.19. The van der Waals surface area contributed by atoms with Crippen molar-refractivity contribution in [1.29, 1.82) is 0 Å². The predicted molar refractivity (Wildman–Crippen MR) is 111 cm³/mol. The molecular weight excluding hydrogens is 334 g/mol. The smallest absolute Gasteiger partial charge is 0.0719 e. The van der Waals surface area contributed by atoms with Crippen LogP contribution in [0.25, 0.3) is 31.4 Å². The van der Waals surface area contributed by atoms with Crippen molar-refractivity contribution < 1.29 is 0 Å². The number of benzene rings is 2. The van der Waals surface area contributed by atoms with E-state index in [2.05, 4.69) is 54.6 Å². The van der Waals surface area contributed by atoms with Gasteiger partial charge in [-0.15, -0.1) is 11.3 Å². The molecule has 26 heavy (non-hydrogen) atoms. The van der Waals surface area contributed by atoms with Crippen LogP contribution in [0.3, 0.4) is 0 Å². The minimum atomic E-state index is 0.441. The van der Waals surface area contributed by atoms with E-state index < -0.39 is 0 Å². The van der Waals surface area contributed by atoms with Gasteiger partial charge < -0.3 is 0 Å². The van der Waals surface area contributed by atoms with Crippen LogP contribution in [0.15, 0.2) is 60.8 Å². The summed E-state index contributed by atoms with van der Waals surface area (Å²) < 4.78 is 2.73. The molecule has 0 amide bonds. The summed E-state index contributed by atoms with van der Waals surface area (Å²) in [5.41, 5.74) is 4.40. The van der Waals surface area contributed by atoms with Crippen LogP contribution in [0.1, 0.15) is 37.7 Å². The van der Waals surface area contributed by atoms with E-state index in [0.29, 0.717) is 5.41 Å². The first kappa shape index (κ1) is 14.9. The lowest BCUT2D eigenvalue weighted by atomic mass is 9.78. The Balaban J connectivity index is 1.54. The van der Waals surface area contributed by atoms with Crippen LogP contribution < -0.4 is 0 Å². The summed E-state index contributed by atoms with van der Waals surface area (Å²) in [6, 6.07) is 20.1. The van der Waals surface area contributed by atoms with Gasteiger partial charge >= 0.3 is 0 Å². The van der Waals surface area contributed by atoms with Crippen molar-refractivity contribution in [1.82, 2.24) is 4.98 Å². The van der Waals surface area contributed by atoms with Crippen molar-refractivity contribution in [2.75, 3.05) is 0 Å². The molecule has 2 bridgehead atoms. The molecule has 0 aliphatic heterocycles. The molecule has 2 aromatic heterocycles. The third-order valence-corrected chi connectivity index (χ3v) is 8.01. The molecule has 2 aliphatic rings. The molecule has 2 heterocycles. The molecule has 0 radical (unpaired) electrons. The molecule has 2 heteroatoms. The summed E-state index contributed by atoms with van der Waals surface area (Å²) in [6.07, 6.45) is 9.01. The normalized spacial score (nSPS) is 24.7. The first-order valence-electron chi connectivity index (χ1n) is 9.70. The van der Waals surface area contributed by atoms with Crippen molar-refractivity contribution in [2.24, 2.45) is 5.92 Å². The van der Waals surface area contributed by atoms with Gasteiger partial charge in [-0.3, -0.25) is 4.98 Å². The molecule has 0 saturated heterocycles. The molecule has 0 atom stereocenters. The Hall–Kier alpha value is -2.19. The van der Waals surface area contributed by atoms with Gasteiger partial charge in [-0.1, -0.05) is 36.4 Å². The number of hydrogen-bond donors (Lipinski definition) is 0. The number of aromatic nitrogens is 1. The highest BCUT2D eigenvalue weighted by molar-refractivity contribution is 7.26. The minimum absolute atomic E-state index is 0.441. The Morgan fingerprint density at radius 2 is 1.77 bits per heavy atom. The molecule has 1 nitrogen and oxygen atoms in total. The first-order chi connectivity index (χ1) is 12.8. The molecule has 0 unspecified atom stereocenters. The van der Waals surface area contributed by atoms with Crippen LogP contribution >= 0.6 is 11.3 Å². The summed E-state index contributed by atoms with van der Waals surface area (Å²) in [5, 5.41) is 2.72. The van der Waals surface area contributed by atoms with Crippen molar-refractivity contribution in [3.63, 3.8) is 0 Å². The molecule has 2 aliphatic carbocycles. The zero-order valence-electron chi connectivity index (χ0n) is 14.7. The SMILES string of the molecule is c1ccc2c(c1)sc1c(-c3cc(C45CCC(CC4)C5)ccn3)cccc12. The molecule has 2 fully saturated rings. The lowest BCUT2D eigenvalue weighted by Gasteiger charge is -2.27. The van der Waals surface area contributed by atoms with Crippen molar-refractivity contribution >= 4 is 31.5 Å². The number of fused-ring (bicyclic) bond motifs is 5. The summed E-state index contributed by atoms with van der Waals surface area (Å²) in [5.74, 6) is 0.970. The second kappa shape index (κ2) is 5.40. The van der Waals surface area contributed by atoms with Crippen LogP contribution in [-0.2, 0) is 5.41 Å². The average Bonchev–Trinajstić information content (AvgIpc) is 3.41. The third-order valence-electron chi connectivity index (χ3n) is 6.79. The first-order valence-corrected chi connectivity index (χ1v) is 10.5. The molecule has 2 saturated carbocycles. The van der Waals surface area contributed by atoms with Gasteiger partial charge in [-0.25, -0.2) is 0 Å². The van der Waals surface area contributed by atoms with Gasteiger partial charge in [0.25, 0.3) is 0 Å². The molecular formula is C24H21NS. The molecule has 4 aromatic rings. The van der Waals surface area contributed by atoms with Gasteiger partial charge in [-0.2, -0.15) is 0 Å². The van der Waals surface area contributed by atoms with Gasteiger partial charge in [0.2, 0.25) is 0 Å². The monoisotopic (exact) mass is 355 g/mol. The highest BCUT2D eigenvalue weighted by Crippen LogP contribution is 2.55. The van der Waals surface area contributed by atoms with E-state index >= 15 is 0 Å². The van der Waals surface area contributed by atoms with Gasteiger partial charge in [-0.05, 0) is 67.2 Å². The van der Waals surface area contributed by atoms with Gasteiger partial charge in [0, 0.05) is 31.9 Å². The van der Waals surface area contributed by atoms with Gasteiger partial charge in [0.1, 0.15) is 0 Å². The minimum Gasteiger partial charge on any atom is -0.256 e. The van der Waals surface area contributed by atoms with Crippen molar-refractivity contribution in [2.45, 2.75) is 37.5 Å². The fraction of sp³-hybridized carbons (Fsp3) is 0.292. The largest absolute Gasteiger partial charge is 0.256 e. The van der Waals surface area contributed by atoms with Crippen molar-refractivity contribution in [3.8, 4) is 11.3 Å². The topological polar surface area (TPSA) is 12.9 Å². The number of nitrogens with zero attached hydrogens (tertiary/aromatic N) is 1. The summed E-state index contributed by atoms with van der Waals surface area (Å²) in [7, 11) is 0. The Bertz CT molecular complexity index is 1130. The molecule has 2 aromatic carbocycles. The van der Waals surface area contributed by atoms with E-state index in [-0.39, 0.29) is 0 Å². The van der Waals surface area contributed by atoms with E-state index in [1.807, 2.05) is 17.5 Å². The molecule has 0 N–H and O–H groups in total. The van der Waals surface area contributed by atoms with E-state index in [1.54, 1.807) is 0 Å². The van der Waals surface area contributed by atoms with E-state index in [0.717, 1.165) is 11.6 Å². The van der Waals surface area contributed by atoms with E-state index in [4.69, 9.17) is 4.98 Å². The summed E-state index contributed by atoms with van der Waals surface area (Å²) in [4.78, 5) is 4.79. The Labute approximate surface area is 157 Å². The van der Waals surface area contributed by atoms with Crippen LogP contribution in [0.4, 0.5) is 0 Å². The number of thiophene rings is 1. The Kier molecular flexibility index (Phi) is 3.10. The average molecular weight is 356 g/mol. The fourth-order valence-corrected chi connectivity index (χ4v) is 6.68. The molecule has 128 valence electrons. The maximum absolute atomic E-state index is 4.79. The highest BCUT2D eigenvalue weighted by atomic mass is 32.1. The van der Waals surface area contributed by atoms with Crippen LogP contribution in [0.2, 0.25) is 0 Å². The predicted octanol–water partition coefficient (Wildman–Crippen LogP) is 6.95. The quantitative estimate of drug-likeness (QED) is 0.379. The van der Waals surface area contributed by atoms with Crippen molar-refractivity contribution in [3.05, 3.63) is 66.4 Å². The summed E-state index contributed by atoms with van der Waals surface area (Å²) in [6.45, 7) is 0. The second-order valence-electron chi connectivity index (χ2n) is 8.14. The zero-order chi connectivity index (χ0) is 17.1. The zero-order valence-corrected chi connectivity index (χ0v) is 15.6. The van der Waals surface area contributed by atoms with Crippen LogP contribution in [0, 0.1) is 5.92 Å². The standard InChI is InChI=1S/C24H21NS/c1-2-7-22-18(4-1)19-5-3-6-20(23(19)26-22)21-14-17(10-13-25-21)24-11-8-16(15-24)9-12-24/h1-7,10,13-14,16H,8-9,11-12,15H2. The molecule has 0 spiro atoms. The van der Waals surface area contributed by atoms with E-state index in [9.17, 15) is 0 Å². The maximum Gasteiger partial charge on any atom is 0.0719 e. The summed E-state index contributed by atoms with van der Waals surface area (Å²) >= 11 is 1.89. The number of hydrogen-bond acceptors (Lipinski definition) is 2. The highest BCUT2D eigenvalue weighted by Gasteiger charge is 2.45. The van der Waals surface area contributed by atoms with Crippen LogP contribution in [0.5, 0.6) is 0 Å². The maximum atomic E-state index is 4.79.